The first-order valence-electron chi connectivity index (χ1n) is 11.5. The molecule has 2 amide bonds. The van der Waals surface area contributed by atoms with Crippen molar-refractivity contribution in [1.29, 1.82) is 0 Å². The molecule has 37 heavy (non-hydrogen) atoms. The fourth-order valence-electron chi connectivity index (χ4n) is 3.82. The van der Waals surface area contributed by atoms with E-state index in [0.29, 0.717) is 24.2 Å². The predicted octanol–water partition coefficient (Wildman–Crippen LogP) is 3.96. The minimum Gasteiger partial charge on any atom is -0.346 e. The number of amides is 2. The molecule has 0 aliphatic carbocycles. The van der Waals surface area contributed by atoms with Gasteiger partial charge in [0.15, 0.2) is 0 Å². The average Bonchev–Trinajstić information content (AvgIpc) is 3.57. The summed E-state index contributed by atoms with van der Waals surface area (Å²) < 4.78 is 24.3. The summed E-state index contributed by atoms with van der Waals surface area (Å²) >= 11 is 3.10. The lowest BCUT2D eigenvalue weighted by atomic mass is 10.0. The number of anilines is 1. The van der Waals surface area contributed by atoms with Crippen LogP contribution in [0, 0.1) is 0 Å². The second kappa shape index (κ2) is 12.6. The molecule has 2 heterocycles. The Bertz CT molecular complexity index is 1390. The van der Waals surface area contributed by atoms with E-state index in [4.69, 9.17) is 4.98 Å². The summed E-state index contributed by atoms with van der Waals surface area (Å²) in [5.74, 6) is -0.600. The minimum absolute atomic E-state index is 0.291. The lowest BCUT2D eigenvalue weighted by Crippen LogP contribution is -2.48. The van der Waals surface area contributed by atoms with Crippen LogP contribution in [0.15, 0.2) is 77.5 Å². The first-order chi connectivity index (χ1) is 17.9. The molecule has 0 unspecified atom stereocenters. The zero-order chi connectivity index (χ0) is 26.2. The summed E-state index contributed by atoms with van der Waals surface area (Å²) in [6, 6.07) is 19.2. The molecule has 4 rings (SSSR count). The Balaban J connectivity index is 1.58. The normalized spacial score (nSPS) is 12.6. The number of hydrogen-bond donors (Lipinski definition) is 4. The fourth-order valence-corrected chi connectivity index (χ4v) is 5.87. The van der Waals surface area contributed by atoms with Crippen LogP contribution in [0.5, 0.6) is 0 Å². The van der Waals surface area contributed by atoms with Crippen molar-refractivity contribution in [3.8, 4) is 9.88 Å². The highest BCUT2D eigenvalue weighted by molar-refractivity contribution is 7.73. The van der Waals surface area contributed by atoms with E-state index < -0.39 is 23.0 Å². The molecule has 0 fully saturated rings. The van der Waals surface area contributed by atoms with Crippen LogP contribution in [-0.2, 0) is 33.3 Å². The molecule has 0 saturated heterocycles. The van der Waals surface area contributed by atoms with E-state index in [2.05, 4.69) is 15.4 Å². The largest absolute Gasteiger partial charge is 0.346 e. The highest BCUT2D eigenvalue weighted by Crippen LogP contribution is 2.31. The Hall–Kier alpha value is -3.54. The van der Waals surface area contributed by atoms with Gasteiger partial charge < -0.3 is 10.6 Å². The van der Waals surface area contributed by atoms with Gasteiger partial charge in [0.25, 0.3) is 0 Å². The van der Waals surface area contributed by atoms with E-state index in [1.165, 1.54) is 18.3 Å². The topological polar surface area (TPSA) is 117 Å². The third kappa shape index (κ3) is 7.72. The number of rotatable bonds is 11. The summed E-state index contributed by atoms with van der Waals surface area (Å²) in [5, 5.41) is 10.7. The van der Waals surface area contributed by atoms with E-state index in [-0.39, 0.29) is 11.8 Å². The van der Waals surface area contributed by atoms with Crippen LogP contribution in [0.2, 0.25) is 0 Å². The molecule has 0 saturated carbocycles. The molecular weight excluding hydrogens is 529 g/mol. The first-order valence-corrected chi connectivity index (χ1v) is 14.4. The Labute approximate surface area is 224 Å². The number of thiophene rings is 1. The van der Waals surface area contributed by atoms with Gasteiger partial charge in [-0.15, -0.1) is 22.7 Å². The van der Waals surface area contributed by atoms with Crippen molar-refractivity contribution in [2.75, 3.05) is 4.72 Å². The quantitative estimate of drug-likeness (QED) is 0.210. The molecule has 0 bridgehead atoms. The standard InChI is InChI=1S/C26H26N4O4S3/c1-17(31)27-22(15-18-6-3-2-4-7-18)25(32)28-21(14-19-9-11-20(12-10-19)30-37(33)34)23-16-36-26(29-23)24-8-5-13-35-24/h2-13,16,21-22,37H,14-15H2,1H3,(H,27,31)(H,28,32)(H,30,33,34)/t21-,22-/m0/s1. The number of aromatic nitrogens is 1. The molecule has 192 valence electrons. The van der Waals surface area contributed by atoms with Crippen LogP contribution < -0.4 is 15.4 Å². The van der Waals surface area contributed by atoms with Crippen molar-refractivity contribution in [1.82, 2.24) is 15.6 Å². The maximum Gasteiger partial charge on any atom is 0.243 e. The molecular formula is C26H26N4O4S3. The van der Waals surface area contributed by atoms with Crippen molar-refractivity contribution >= 4 is 51.1 Å². The van der Waals surface area contributed by atoms with E-state index in [1.54, 1.807) is 23.5 Å². The Kier molecular flexibility index (Phi) is 9.04. The van der Waals surface area contributed by atoms with Gasteiger partial charge in [-0.3, -0.25) is 14.3 Å². The lowest BCUT2D eigenvalue weighted by Gasteiger charge is -2.23. The van der Waals surface area contributed by atoms with Gasteiger partial charge in [-0.2, -0.15) is 0 Å². The summed E-state index contributed by atoms with van der Waals surface area (Å²) in [7, 11) is -2.75. The van der Waals surface area contributed by atoms with Crippen LogP contribution in [0.1, 0.15) is 29.8 Å². The number of nitrogens with one attached hydrogen (secondary N) is 3. The fraction of sp³-hybridized carbons (Fsp3) is 0.192. The third-order valence-corrected chi connectivity index (χ3v) is 7.86. The Morgan fingerprint density at radius 1 is 0.892 bits per heavy atom. The number of thiol groups is 1. The van der Waals surface area contributed by atoms with Crippen molar-refractivity contribution in [3.05, 3.63) is 94.3 Å². The number of thiazole rings is 1. The highest BCUT2D eigenvalue weighted by Gasteiger charge is 2.25. The second-order valence-corrected chi connectivity index (χ2v) is 10.9. The number of nitrogens with zero attached hydrogens (tertiary/aromatic N) is 1. The van der Waals surface area contributed by atoms with Crippen LogP contribution in [0.4, 0.5) is 5.69 Å². The van der Waals surface area contributed by atoms with Crippen LogP contribution in [0.3, 0.4) is 0 Å². The predicted molar refractivity (Wildman–Crippen MR) is 148 cm³/mol. The molecule has 2 aromatic heterocycles. The molecule has 3 N–H and O–H groups in total. The highest BCUT2D eigenvalue weighted by atomic mass is 32.2. The smallest absolute Gasteiger partial charge is 0.243 e. The molecule has 4 aromatic rings. The molecule has 11 heteroatoms. The maximum atomic E-state index is 13.4. The molecule has 2 atom stereocenters. The van der Waals surface area contributed by atoms with E-state index in [0.717, 1.165) is 21.0 Å². The molecule has 8 nitrogen and oxygen atoms in total. The van der Waals surface area contributed by atoms with Crippen molar-refractivity contribution < 1.29 is 18.0 Å². The van der Waals surface area contributed by atoms with Gasteiger partial charge in [-0.05, 0) is 41.1 Å². The van der Waals surface area contributed by atoms with Crippen molar-refractivity contribution in [3.63, 3.8) is 0 Å². The second-order valence-electron chi connectivity index (χ2n) is 8.33. The van der Waals surface area contributed by atoms with E-state index in [9.17, 15) is 18.0 Å². The third-order valence-electron chi connectivity index (χ3n) is 5.52. The summed E-state index contributed by atoms with van der Waals surface area (Å²) in [6.07, 6.45) is 0.783. The van der Waals surface area contributed by atoms with E-state index in [1.807, 2.05) is 65.4 Å². The van der Waals surface area contributed by atoms with Gasteiger partial charge in [0, 0.05) is 24.4 Å². The van der Waals surface area contributed by atoms with Gasteiger partial charge in [0.1, 0.15) is 11.0 Å². The monoisotopic (exact) mass is 554 g/mol. The van der Waals surface area contributed by atoms with Crippen LogP contribution in [-0.4, -0.2) is 31.3 Å². The van der Waals surface area contributed by atoms with Crippen LogP contribution in [0.25, 0.3) is 9.88 Å². The van der Waals surface area contributed by atoms with Gasteiger partial charge >= 0.3 is 0 Å². The SMILES string of the molecule is CC(=O)N[C@@H](Cc1ccccc1)C(=O)N[C@@H](Cc1ccc(N[SH](=O)=O)cc1)c1csc(-c2cccs2)n1. The number of carbonyl (C=O) groups is 2. The summed E-state index contributed by atoms with van der Waals surface area (Å²) in [5.41, 5.74) is 3.00. The zero-order valence-electron chi connectivity index (χ0n) is 19.9. The molecule has 0 aliphatic heterocycles. The summed E-state index contributed by atoms with van der Waals surface area (Å²) in [6.45, 7) is 1.39. The number of hydrogen-bond acceptors (Lipinski definition) is 7. The van der Waals surface area contributed by atoms with Crippen LogP contribution >= 0.6 is 22.7 Å². The average molecular weight is 555 g/mol. The number of carbonyl (C=O) groups excluding carboxylic acids is 2. The maximum absolute atomic E-state index is 13.4. The van der Waals surface area contributed by atoms with Gasteiger partial charge in [-0.25, -0.2) is 13.4 Å². The van der Waals surface area contributed by atoms with Crippen molar-refractivity contribution in [2.24, 2.45) is 0 Å². The Morgan fingerprint density at radius 2 is 1.62 bits per heavy atom. The molecule has 0 spiro atoms. The Morgan fingerprint density at radius 3 is 2.27 bits per heavy atom. The zero-order valence-corrected chi connectivity index (χ0v) is 22.4. The van der Waals surface area contributed by atoms with E-state index >= 15 is 0 Å². The molecule has 2 aromatic carbocycles. The number of benzene rings is 2. The molecule has 0 radical (unpaired) electrons. The van der Waals surface area contributed by atoms with Crippen molar-refractivity contribution in [2.45, 2.75) is 31.8 Å². The lowest BCUT2D eigenvalue weighted by molar-refractivity contribution is -0.128. The summed E-state index contributed by atoms with van der Waals surface area (Å²) in [4.78, 5) is 31.2. The first kappa shape index (κ1) is 26.5. The van der Waals surface area contributed by atoms with Gasteiger partial charge in [-0.1, -0.05) is 48.5 Å². The minimum atomic E-state index is -2.75. The van der Waals surface area contributed by atoms with Gasteiger partial charge in [0.2, 0.25) is 22.7 Å². The molecule has 0 aliphatic rings. The van der Waals surface area contributed by atoms with Gasteiger partial charge in [0.05, 0.1) is 16.6 Å².